The first-order valence-corrected chi connectivity index (χ1v) is 11.7. The summed E-state index contributed by atoms with van der Waals surface area (Å²) in [5.41, 5.74) is 0.725. The number of halogens is 1. The molecule has 0 radical (unpaired) electrons. The van der Waals surface area contributed by atoms with Crippen LogP contribution in [0.3, 0.4) is 0 Å². The van der Waals surface area contributed by atoms with Gasteiger partial charge in [0, 0.05) is 18.7 Å². The first-order valence-electron chi connectivity index (χ1n) is 11.7. The zero-order chi connectivity index (χ0) is 26.6. The van der Waals surface area contributed by atoms with Crippen molar-refractivity contribution >= 4 is 40.3 Å². The van der Waals surface area contributed by atoms with Crippen molar-refractivity contribution in [1.29, 1.82) is 5.26 Å². The highest BCUT2D eigenvalue weighted by atomic mass is 19.1. The minimum Gasteiger partial charge on any atom is -0.389 e. The number of benzene rings is 2. The zero-order valence-corrected chi connectivity index (χ0v) is 21.1. The van der Waals surface area contributed by atoms with Crippen LogP contribution < -0.4 is 15.5 Å². The van der Waals surface area contributed by atoms with Gasteiger partial charge in [0.05, 0.1) is 40.5 Å². The van der Waals surface area contributed by atoms with Crippen LogP contribution in [0, 0.1) is 23.1 Å². The fraction of sp³-hybridized carbons (Fsp3) is 0.385. The van der Waals surface area contributed by atoms with Crippen LogP contribution in [0.4, 0.5) is 26.5 Å². The largest absolute Gasteiger partial charge is 0.389 e. The van der Waals surface area contributed by atoms with Crippen LogP contribution >= 0.6 is 0 Å². The third-order valence-corrected chi connectivity index (χ3v) is 5.90. The van der Waals surface area contributed by atoms with Crippen LogP contribution in [0.15, 0.2) is 36.4 Å². The molecule has 2 aromatic carbocycles. The summed E-state index contributed by atoms with van der Waals surface area (Å²) in [4.78, 5) is 31.6. The maximum absolute atomic E-state index is 14.2. The van der Waals surface area contributed by atoms with Crippen LogP contribution in [0.1, 0.15) is 46.1 Å². The molecule has 3 aromatic rings. The van der Waals surface area contributed by atoms with Crippen LogP contribution in [-0.2, 0) is 11.3 Å². The van der Waals surface area contributed by atoms with Crippen molar-refractivity contribution in [1.82, 2.24) is 9.55 Å². The average molecular weight is 495 g/mol. The van der Waals surface area contributed by atoms with Crippen LogP contribution in [0.25, 0.3) is 11.0 Å². The first kappa shape index (κ1) is 26.6. The lowest BCUT2D eigenvalue weighted by Gasteiger charge is -2.23. The molecule has 0 saturated heterocycles. The normalized spacial score (nSPS) is 11.4. The Morgan fingerprint density at radius 2 is 1.89 bits per heavy atom. The van der Waals surface area contributed by atoms with Gasteiger partial charge in [-0.05, 0) is 63.1 Å². The zero-order valence-electron chi connectivity index (χ0n) is 21.1. The Kier molecular flexibility index (Phi) is 7.95. The maximum atomic E-state index is 14.2. The third-order valence-electron chi connectivity index (χ3n) is 5.90. The molecule has 9 nitrogen and oxygen atoms in total. The number of rotatable bonds is 8. The van der Waals surface area contributed by atoms with Crippen LogP contribution in [0.2, 0.25) is 0 Å². The predicted molar refractivity (Wildman–Crippen MR) is 137 cm³/mol. The highest BCUT2D eigenvalue weighted by Crippen LogP contribution is 2.28. The van der Waals surface area contributed by atoms with Gasteiger partial charge in [0.25, 0.3) is 0 Å². The number of nitrogens with one attached hydrogen (secondary N) is 2. The molecule has 0 aliphatic carbocycles. The molecule has 1 aromatic heterocycles. The van der Waals surface area contributed by atoms with Crippen molar-refractivity contribution in [2.24, 2.45) is 5.92 Å². The molecule has 36 heavy (non-hydrogen) atoms. The number of urea groups is 1. The summed E-state index contributed by atoms with van der Waals surface area (Å²) in [6.07, 6.45) is 1.48. The van der Waals surface area contributed by atoms with E-state index in [2.05, 4.69) is 15.6 Å². The lowest BCUT2D eigenvalue weighted by Crippen LogP contribution is -2.32. The number of fused-ring (bicyclic) bond motifs is 1. The summed E-state index contributed by atoms with van der Waals surface area (Å²) in [6.45, 7) is 7.34. The Balaban J connectivity index is 1.94. The van der Waals surface area contributed by atoms with Gasteiger partial charge in [-0.15, -0.1) is 0 Å². The van der Waals surface area contributed by atoms with Crippen molar-refractivity contribution in [3.8, 4) is 6.07 Å². The summed E-state index contributed by atoms with van der Waals surface area (Å²) < 4.78 is 15.9. The number of carbonyl (C=O) groups excluding carboxylic acids is 2. The number of carbonyl (C=O) groups is 2. The second-order valence-electron chi connectivity index (χ2n) is 9.30. The van der Waals surface area contributed by atoms with Gasteiger partial charge < -0.3 is 19.9 Å². The smallest absolute Gasteiger partial charge is 0.326 e. The van der Waals surface area contributed by atoms with E-state index in [4.69, 9.17) is 5.26 Å². The predicted octanol–water partition coefficient (Wildman–Crippen LogP) is 4.86. The molecule has 3 amide bonds. The second kappa shape index (κ2) is 10.7. The number of aromatic nitrogens is 2. The molecule has 0 bridgehead atoms. The highest BCUT2D eigenvalue weighted by molar-refractivity contribution is 6.00. The van der Waals surface area contributed by atoms with Crippen molar-refractivity contribution in [3.05, 3.63) is 47.8 Å². The van der Waals surface area contributed by atoms with Gasteiger partial charge in [-0.2, -0.15) is 5.26 Å². The number of hydrogen-bond acceptors (Lipinski definition) is 5. The molecule has 0 fully saturated rings. The molecule has 190 valence electrons. The van der Waals surface area contributed by atoms with Gasteiger partial charge in [-0.25, -0.2) is 14.2 Å². The minimum absolute atomic E-state index is 0.0115. The molecule has 1 heterocycles. The maximum Gasteiger partial charge on any atom is 0.326 e. The van der Waals surface area contributed by atoms with E-state index in [1.807, 2.05) is 19.9 Å². The Morgan fingerprint density at radius 1 is 1.19 bits per heavy atom. The van der Waals surface area contributed by atoms with Gasteiger partial charge in [0.1, 0.15) is 5.82 Å². The van der Waals surface area contributed by atoms with Gasteiger partial charge in [-0.1, -0.05) is 13.8 Å². The quantitative estimate of drug-likeness (QED) is 0.413. The number of anilines is 3. The second-order valence-corrected chi connectivity index (χ2v) is 9.30. The van der Waals surface area contributed by atoms with Crippen LogP contribution in [-0.4, -0.2) is 39.2 Å². The Morgan fingerprint density at radius 3 is 2.47 bits per heavy atom. The SMILES string of the molecule is CCC(CC)C(=O)N(C)c1ccc2c(c1)nc(NC(=O)Nc1ccc(C#N)cc1F)n2CC(C)(C)O. The summed E-state index contributed by atoms with van der Waals surface area (Å²) in [5, 5.41) is 24.4. The molecular weight excluding hydrogens is 463 g/mol. The van der Waals surface area contributed by atoms with E-state index in [0.29, 0.717) is 16.7 Å². The van der Waals surface area contributed by atoms with E-state index in [9.17, 15) is 19.1 Å². The first-order chi connectivity index (χ1) is 17.0. The summed E-state index contributed by atoms with van der Waals surface area (Å²) in [6, 6.07) is 10.1. The molecule has 0 atom stereocenters. The number of hydrogen-bond donors (Lipinski definition) is 3. The third kappa shape index (κ3) is 5.98. The molecule has 3 N–H and O–H groups in total. The fourth-order valence-electron chi connectivity index (χ4n) is 3.95. The summed E-state index contributed by atoms with van der Waals surface area (Å²) in [5.74, 6) is -0.673. The van der Waals surface area contributed by atoms with Crippen LogP contribution in [0.5, 0.6) is 0 Å². The molecule has 0 saturated carbocycles. The number of amides is 3. The van der Waals surface area contributed by atoms with Crippen molar-refractivity contribution < 1.29 is 19.1 Å². The molecule has 0 aliphatic heterocycles. The number of nitrogens with zero attached hydrogens (tertiary/aromatic N) is 4. The lowest BCUT2D eigenvalue weighted by molar-refractivity contribution is -0.122. The molecule has 0 aliphatic rings. The van der Waals surface area contributed by atoms with Gasteiger partial charge in [-0.3, -0.25) is 10.1 Å². The van der Waals surface area contributed by atoms with Crippen molar-refractivity contribution in [3.63, 3.8) is 0 Å². The van der Waals surface area contributed by atoms with Gasteiger partial charge in [0.15, 0.2) is 0 Å². The number of aliphatic hydroxyl groups is 1. The fourth-order valence-corrected chi connectivity index (χ4v) is 3.95. The molecule has 0 unspecified atom stereocenters. The van der Waals surface area contributed by atoms with Gasteiger partial charge in [0.2, 0.25) is 11.9 Å². The van der Waals surface area contributed by atoms with Crippen molar-refractivity contribution in [2.75, 3.05) is 22.6 Å². The monoisotopic (exact) mass is 494 g/mol. The average Bonchev–Trinajstić information content (AvgIpc) is 3.14. The number of nitriles is 1. The Hall–Kier alpha value is -3.97. The Labute approximate surface area is 209 Å². The Bertz CT molecular complexity index is 1320. The number of imidazole rings is 1. The van der Waals surface area contributed by atoms with Crippen molar-refractivity contribution in [2.45, 2.75) is 52.7 Å². The van der Waals surface area contributed by atoms with E-state index in [0.717, 1.165) is 18.9 Å². The van der Waals surface area contributed by atoms with E-state index in [-0.39, 0.29) is 35.6 Å². The van der Waals surface area contributed by atoms with E-state index in [1.54, 1.807) is 48.6 Å². The molecule has 3 rings (SSSR count). The summed E-state index contributed by atoms with van der Waals surface area (Å²) >= 11 is 0. The lowest BCUT2D eigenvalue weighted by atomic mass is 10.0. The topological polar surface area (TPSA) is 123 Å². The van der Waals surface area contributed by atoms with E-state index < -0.39 is 17.4 Å². The molecular formula is C26H31FN6O3. The molecule has 10 heteroatoms. The van der Waals surface area contributed by atoms with E-state index >= 15 is 0 Å². The summed E-state index contributed by atoms with van der Waals surface area (Å²) in [7, 11) is 1.72. The standard InChI is InChI=1S/C26H31FN6O3/c1-6-17(7-2)23(34)32(5)18-9-11-22-21(13-18)29-24(33(22)15-26(3,4)36)31-25(35)30-20-10-8-16(14-28)12-19(20)27/h8-13,17,36H,6-7,15H2,1-5H3,(H2,29,30,31,35). The minimum atomic E-state index is -1.12. The highest BCUT2D eigenvalue weighted by Gasteiger charge is 2.23. The van der Waals surface area contributed by atoms with Gasteiger partial charge >= 0.3 is 6.03 Å². The molecule has 0 spiro atoms. The van der Waals surface area contributed by atoms with E-state index in [1.165, 1.54) is 12.1 Å².